The van der Waals surface area contributed by atoms with E-state index in [9.17, 15) is 13.2 Å². The van der Waals surface area contributed by atoms with Crippen molar-refractivity contribution in [1.82, 2.24) is 9.62 Å². The van der Waals surface area contributed by atoms with E-state index in [1.165, 1.54) is 19.2 Å². The fraction of sp³-hybridized carbons (Fsp3) is 0.588. The zero-order valence-electron chi connectivity index (χ0n) is 14.9. The van der Waals surface area contributed by atoms with E-state index < -0.39 is 16.1 Å². The van der Waals surface area contributed by atoms with E-state index in [4.69, 9.17) is 0 Å². The molecule has 0 aliphatic carbocycles. The van der Waals surface area contributed by atoms with Crippen LogP contribution in [0.1, 0.15) is 25.7 Å². The molecule has 7 nitrogen and oxygen atoms in total. The number of piperidine rings is 2. The second-order valence-electron chi connectivity index (χ2n) is 6.80. The second-order valence-corrected chi connectivity index (χ2v) is 8.73. The highest BCUT2D eigenvalue weighted by atomic mass is 35.5. The van der Waals surface area contributed by atoms with Gasteiger partial charge in [-0.05, 0) is 68.5 Å². The molecule has 2 saturated heterocycles. The number of nitrogens with one attached hydrogen (secondary N) is 2. The first-order valence-electron chi connectivity index (χ1n) is 8.61. The number of anilines is 1. The van der Waals surface area contributed by atoms with Gasteiger partial charge in [-0.15, -0.1) is 12.4 Å². The van der Waals surface area contributed by atoms with Crippen molar-refractivity contribution < 1.29 is 17.9 Å². The molecule has 1 amide bonds. The maximum Gasteiger partial charge on any atom is 0.411 e. The quantitative estimate of drug-likeness (QED) is 0.809. The van der Waals surface area contributed by atoms with Gasteiger partial charge in [0.1, 0.15) is 0 Å². The Morgan fingerprint density at radius 1 is 1.12 bits per heavy atom. The van der Waals surface area contributed by atoms with E-state index in [2.05, 4.69) is 15.4 Å². The molecule has 0 aromatic heterocycles. The van der Waals surface area contributed by atoms with Gasteiger partial charge in [-0.1, -0.05) is 0 Å². The standard InChI is InChI=1S/C17H25N3O4S.ClH/c1-24-16(21)19-14-2-4-15(5-3-14)25(22,23)20-12-8-17(9-13-20)6-10-18-11-7-17;/h2-5,18H,6-13H2,1H3,(H,19,21);1H. The number of carbonyl (C=O) groups excluding carboxylic acids is 1. The number of carbonyl (C=O) groups is 1. The molecule has 1 aromatic carbocycles. The molecule has 2 aliphatic rings. The lowest BCUT2D eigenvalue weighted by Gasteiger charge is -2.43. The topological polar surface area (TPSA) is 87.7 Å². The van der Waals surface area contributed by atoms with Crippen molar-refractivity contribution in [1.29, 1.82) is 0 Å². The third-order valence-electron chi connectivity index (χ3n) is 5.37. The summed E-state index contributed by atoms with van der Waals surface area (Å²) in [6, 6.07) is 6.19. The van der Waals surface area contributed by atoms with E-state index in [0.717, 1.165) is 38.8 Å². The van der Waals surface area contributed by atoms with Crippen LogP contribution in [0.15, 0.2) is 29.2 Å². The van der Waals surface area contributed by atoms with Crippen LogP contribution in [-0.2, 0) is 14.8 Å². The van der Waals surface area contributed by atoms with Gasteiger partial charge in [0.15, 0.2) is 0 Å². The molecule has 0 bridgehead atoms. The molecule has 1 aromatic rings. The van der Waals surface area contributed by atoms with Crippen LogP contribution in [-0.4, -0.2) is 52.1 Å². The predicted octanol–water partition coefficient (Wildman–Crippen LogP) is 2.44. The average molecular weight is 404 g/mol. The van der Waals surface area contributed by atoms with Gasteiger partial charge >= 0.3 is 6.09 Å². The Bertz CT molecular complexity index is 708. The summed E-state index contributed by atoms with van der Waals surface area (Å²) in [5.74, 6) is 0. The largest absolute Gasteiger partial charge is 0.453 e. The lowest BCUT2D eigenvalue weighted by molar-refractivity contribution is 0.110. The SMILES string of the molecule is COC(=O)Nc1ccc(S(=O)(=O)N2CCC3(CCNCC3)CC2)cc1.Cl. The normalized spacial score (nSPS) is 20.2. The van der Waals surface area contributed by atoms with Gasteiger partial charge in [-0.2, -0.15) is 4.31 Å². The molecule has 2 aliphatic heterocycles. The number of hydrogen-bond acceptors (Lipinski definition) is 5. The highest BCUT2D eigenvalue weighted by molar-refractivity contribution is 7.89. The molecule has 0 saturated carbocycles. The van der Waals surface area contributed by atoms with Crippen LogP contribution in [0.4, 0.5) is 10.5 Å². The molecule has 0 atom stereocenters. The number of amides is 1. The summed E-state index contributed by atoms with van der Waals surface area (Å²) in [7, 11) is -2.22. The van der Waals surface area contributed by atoms with E-state index in [1.807, 2.05) is 0 Å². The Balaban J connectivity index is 0.00000243. The highest BCUT2D eigenvalue weighted by Crippen LogP contribution is 2.40. The third-order valence-corrected chi connectivity index (χ3v) is 7.28. The van der Waals surface area contributed by atoms with Gasteiger partial charge in [-0.25, -0.2) is 13.2 Å². The number of hydrogen-bond donors (Lipinski definition) is 2. The lowest BCUT2D eigenvalue weighted by atomic mass is 9.72. The molecule has 26 heavy (non-hydrogen) atoms. The summed E-state index contributed by atoms with van der Waals surface area (Å²) < 4.78 is 31.8. The Hall–Kier alpha value is -1.35. The Kier molecular flexibility index (Phi) is 6.90. The maximum atomic E-state index is 12.8. The first-order chi connectivity index (χ1) is 12.0. The molecule has 9 heteroatoms. The fourth-order valence-corrected chi connectivity index (χ4v) is 5.13. The number of rotatable bonds is 3. The molecular formula is C17H26ClN3O4S. The molecule has 0 radical (unpaired) electrons. The first-order valence-corrected chi connectivity index (χ1v) is 10.1. The summed E-state index contributed by atoms with van der Waals surface area (Å²) in [5, 5.41) is 5.89. The van der Waals surface area contributed by atoms with Crippen LogP contribution in [0.25, 0.3) is 0 Å². The number of nitrogens with zero attached hydrogens (tertiary/aromatic N) is 1. The van der Waals surface area contributed by atoms with Gasteiger partial charge in [0, 0.05) is 18.8 Å². The van der Waals surface area contributed by atoms with Crippen LogP contribution in [0.3, 0.4) is 0 Å². The summed E-state index contributed by atoms with van der Waals surface area (Å²) in [6.45, 7) is 3.21. The minimum Gasteiger partial charge on any atom is -0.453 e. The lowest BCUT2D eigenvalue weighted by Crippen LogP contribution is -2.47. The highest BCUT2D eigenvalue weighted by Gasteiger charge is 2.39. The van der Waals surface area contributed by atoms with E-state index in [-0.39, 0.29) is 17.3 Å². The van der Waals surface area contributed by atoms with Crippen LogP contribution in [0.5, 0.6) is 0 Å². The number of benzene rings is 1. The van der Waals surface area contributed by atoms with E-state index in [1.54, 1.807) is 16.4 Å². The minimum atomic E-state index is -3.49. The number of sulfonamides is 1. The molecule has 146 valence electrons. The van der Waals surface area contributed by atoms with E-state index >= 15 is 0 Å². The maximum absolute atomic E-state index is 12.8. The first kappa shape index (κ1) is 21.0. The molecule has 0 unspecified atom stereocenters. The van der Waals surface area contributed by atoms with Crippen LogP contribution in [0.2, 0.25) is 0 Å². The molecule has 1 spiro atoms. The van der Waals surface area contributed by atoms with Crippen LogP contribution in [0, 0.1) is 5.41 Å². The van der Waals surface area contributed by atoms with Gasteiger partial charge in [0.05, 0.1) is 12.0 Å². The Morgan fingerprint density at radius 2 is 1.69 bits per heavy atom. The van der Waals surface area contributed by atoms with Gasteiger partial charge in [0.2, 0.25) is 10.0 Å². The molecule has 2 heterocycles. The molecular weight excluding hydrogens is 378 g/mol. The third kappa shape index (κ3) is 4.49. The van der Waals surface area contributed by atoms with Crippen molar-refractivity contribution >= 4 is 34.2 Å². The van der Waals surface area contributed by atoms with Crippen molar-refractivity contribution in [3.05, 3.63) is 24.3 Å². The summed E-state index contributed by atoms with van der Waals surface area (Å²) in [5.41, 5.74) is 0.809. The Labute approximate surface area is 160 Å². The van der Waals surface area contributed by atoms with Gasteiger partial charge in [0.25, 0.3) is 0 Å². The molecule has 3 rings (SSSR count). The van der Waals surface area contributed by atoms with E-state index in [0.29, 0.717) is 24.2 Å². The van der Waals surface area contributed by atoms with Crippen LogP contribution < -0.4 is 10.6 Å². The summed E-state index contributed by atoms with van der Waals surface area (Å²) in [6.07, 6.45) is 3.54. The van der Waals surface area contributed by atoms with Crippen molar-refractivity contribution in [2.75, 3.05) is 38.6 Å². The number of methoxy groups -OCH3 is 1. The summed E-state index contributed by atoms with van der Waals surface area (Å²) in [4.78, 5) is 11.4. The van der Waals surface area contributed by atoms with Gasteiger partial charge in [-0.3, -0.25) is 5.32 Å². The van der Waals surface area contributed by atoms with Crippen molar-refractivity contribution in [3.63, 3.8) is 0 Å². The van der Waals surface area contributed by atoms with Crippen molar-refractivity contribution in [2.24, 2.45) is 5.41 Å². The predicted molar refractivity (Wildman–Crippen MR) is 102 cm³/mol. The van der Waals surface area contributed by atoms with Gasteiger partial charge < -0.3 is 10.1 Å². The van der Waals surface area contributed by atoms with Crippen molar-refractivity contribution in [3.8, 4) is 0 Å². The Morgan fingerprint density at radius 3 is 2.23 bits per heavy atom. The fourth-order valence-electron chi connectivity index (χ4n) is 3.69. The number of ether oxygens (including phenoxy) is 1. The van der Waals surface area contributed by atoms with Crippen molar-refractivity contribution in [2.45, 2.75) is 30.6 Å². The zero-order chi connectivity index (χ0) is 17.9. The zero-order valence-corrected chi connectivity index (χ0v) is 16.5. The molecule has 2 fully saturated rings. The summed E-state index contributed by atoms with van der Waals surface area (Å²) >= 11 is 0. The average Bonchev–Trinajstić information content (AvgIpc) is 2.63. The van der Waals surface area contributed by atoms with Crippen LogP contribution >= 0.6 is 12.4 Å². The monoisotopic (exact) mass is 403 g/mol. The minimum absolute atomic E-state index is 0. The molecule has 2 N–H and O–H groups in total. The number of halogens is 1. The second kappa shape index (κ2) is 8.56. The smallest absolute Gasteiger partial charge is 0.411 e.